The van der Waals surface area contributed by atoms with E-state index in [2.05, 4.69) is 10.1 Å². The molecule has 1 aliphatic heterocycles. The Hall–Kier alpha value is -1.52. The van der Waals surface area contributed by atoms with Gasteiger partial charge in [-0.2, -0.15) is 4.31 Å². The van der Waals surface area contributed by atoms with Crippen LogP contribution in [0.25, 0.3) is 0 Å². The molecule has 1 aromatic carbocycles. The fourth-order valence-electron chi connectivity index (χ4n) is 2.84. The highest BCUT2D eigenvalue weighted by Crippen LogP contribution is 2.32. The monoisotopic (exact) mass is 420 g/mol. The molecule has 2 aromatic rings. The lowest BCUT2D eigenvalue weighted by atomic mass is 10.1. The van der Waals surface area contributed by atoms with Crippen LogP contribution in [0.3, 0.4) is 0 Å². The molecule has 0 aliphatic carbocycles. The number of benzene rings is 1. The maximum Gasteiger partial charge on any atom is 0.349 e. The van der Waals surface area contributed by atoms with Crippen LogP contribution in [-0.2, 0) is 14.8 Å². The van der Waals surface area contributed by atoms with Gasteiger partial charge in [-0.1, -0.05) is 12.1 Å². The number of thiophene rings is 1. The second kappa shape index (κ2) is 8.45. The summed E-state index contributed by atoms with van der Waals surface area (Å²) in [5.41, 5.74) is 0.561. The van der Waals surface area contributed by atoms with Gasteiger partial charge in [0.2, 0.25) is 10.0 Å². The van der Waals surface area contributed by atoms with Crippen LogP contribution in [0, 0.1) is 5.82 Å². The molecule has 0 radical (unpaired) electrons. The Kier molecular flexibility index (Phi) is 6.75. The fourth-order valence-corrected chi connectivity index (χ4v) is 5.76. The highest BCUT2D eigenvalue weighted by molar-refractivity contribution is 7.89. The topological polar surface area (TPSA) is 75.7 Å². The Morgan fingerprint density at radius 2 is 2.15 bits per heavy atom. The van der Waals surface area contributed by atoms with Crippen LogP contribution in [0.1, 0.15) is 21.3 Å². The lowest BCUT2D eigenvalue weighted by Gasteiger charge is -2.35. The summed E-state index contributed by atoms with van der Waals surface area (Å²) in [5.74, 6) is -1.11. The van der Waals surface area contributed by atoms with Gasteiger partial charge in [0.15, 0.2) is 0 Å². The highest BCUT2D eigenvalue weighted by atomic mass is 35.5. The van der Waals surface area contributed by atoms with Gasteiger partial charge >= 0.3 is 5.97 Å². The van der Waals surface area contributed by atoms with Gasteiger partial charge in [-0.3, -0.25) is 0 Å². The number of sulfonamides is 1. The zero-order valence-electron chi connectivity index (χ0n) is 13.8. The summed E-state index contributed by atoms with van der Waals surface area (Å²) in [6, 6.07) is 6.73. The molecule has 1 aliphatic rings. The van der Waals surface area contributed by atoms with Crippen molar-refractivity contribution in [3.63, 3.8) is 0 Å². The number of nitrogens with zero attached hydrogens (tertiary/aromatic N) is 1. The molecule has 26 heavy (non-hydrogen) atoms. The summed E-state index contributed by atoms with van der Waals surface area (Å²) >= 11 is 1.02. The van der Waals surface area contributed by atoms with Gasteiger partial charge in [0.1, 0.15) is 15.6 Å². The lowest BCUT2D eigenvalue weighted by Crippen LogP contribution is -2.48. The third kappa shape index (κ3) is 3.91. The molecule has 10 heteroatoms. The van der Waals surface area contributed by atoms with Crippen molar-refractivity contribution < 1.29 is 22.3 Å². The van der Waals surface area contributed by atoms with Crippen LogP contribution in [0.15, 0.2) is 40.6 Å². The summed E-state index contributed by atoms with van der Waals surface area (Å²) in [6.45, 7) is 1.06. The number of piperazine rings is 1. The Morgan fingerprint density at radius 1 is 1.38 bits per heavy atom. The number of rotatable bonds is 4. The quantitative estimate of drug-likeness (QED) is 0.769. The smallest absolute Gasteiger partial charge is 0.349 e. The van der Waals surface area contributed by atoms with Gasteiger partial charge < -0.3 is 10.1 Å². The average Bonchev–Trinajstić information content (AvgIpc) is 3.12. The number of ether oxygens (including phenoxy) is 1. The zero-order chi connectivity index (χ0) is 18.0. The molecule has 0 saturated carbocycles. The van der Waals surface area contributed by atoms with Gasteiger partial charge in [-0.25, -0.2) is 17.6 Å². The third-order valence-electron chi connectivity index (χ3n) is 4.01. The maximum atomic E-state index is 13.6. The zero-order valence-corrected chi connectivity index (χ0v) is 16.3. The van der Waals surface area contributed by atoms with E-state index < -0.39 is 27.9 Å². The van der Waals surface area contributed by atoms with Crippen LogP contribution in [-0.4, -0.2) is 45.4 Å². The van der Waals surface area contributed by atoms with Crippen LogP contribution in [0.2, 0.25) is 0 Å². The largest absolute Gasteiger partial charge is 0.465 e. The number of hydrogen-bond donors (Lipinski definition) is 1. The molecule has 1 fully saturated rings. The minimum Gasteiger partial charge on any atom is -0.465 e. The van der Waals surface area contributed by atoms with Crippen molar-refractivity contribution >= 4 is 39.7 Å². The van der Waals surface area contributed by atoms with Crippen LogP contribution in [0.4, 0.5) is 4.39 Å². The average molecular weight is 421 g/mol. The standard InChI is InChI=1S/C16H17FN2O4S2.ClH/c1-23-16(20)15-14(5-8-24-15)25(21,22)19-7-6-18-10-13(19)11-3-2-4-12(17)9-11;/h2-5,8-9,13,18H,6-7,10H2,1H3;1H. The first-order valence-electron chi connectivity index (χ1n) is 7.59. The van der Waals surface area contributed by atoms with Gasteiger partial charge in [0.05, 0.1) is 13.2 Å². The number of methoxy groups -OCH3 is 1. The molecule has 3 rings (SSSR count). The molecule has 6 nitrogen and oxygen atoms in total. The molecule has 1 atom stereocenters. The van der Waals surface area contributed by atoms with Crippen molar-refractivity contribution in [2.24, 2.45) is 0 Å². The van der Waals surface area contributed by atoms with E-state index in [-0.39, 0.29) is 28.7 Å². The predicted octanol–water partition coefficient (Wildman–Crippen LogP) is 2.43. The molecule has 0 bridgehead atoms. The number of carbonyl (C=O) groups excluding carboxylic acids is 1. The Bertz CT molecular complexity index is 888. The predicted molar refractivity (Wildman–Crippen MR) is 98.8 cm³/mol. The molecule has 1 unspecified atom stereocenters. The first kappa shape index (κ1) is 20.8. The molecule has 142 valence electrons. The van der Waals surface area contributed by atoms with Crippen LogP contribution in [0.5, 0.6) is 0 Å². The summed E-state index contributed by atoms with van der Waals surface area (Å²) in [5, 5.41) is 4.67. The first-order valence-corrected chi connectivity index (χ1v) is 9.91. The molecule has 2 heterocycles. The maximum absolute atomic E-state index is 13.6. The van der Waals surface area contributed by atoms with E-state index in [1.54, 1.807) is 17.5 Å². The van der Waals surface area contributed by atoms with E-state index in [1.807, 2.05) is 0 Å². The molecule has 1 N–H and O–H groups in total. The Labute approximate surface area is 161 Å². The van der Waals surface area contributed by atoms with E-state index in [9.17, 15) is 17.6 Å². The van der Waals surface area contributed by atoms with E-state index in [4.69, 9.17) is 0 Å². The molecule has 1 saturated heterocycles. The second-order valence-electron chi connectivity index (χ2n) is 5.50. The summed E-state index contributed by atoms with van der Waals surface area (Å²) in [6.07, 6.45) is 0. The van der Waals surface area contributed by atoms with Gasteiger partial charge in [-0.05, 0) is 29.1 Å². The number of carbonyl (C=O) groups is 1. The molecule has 0 spiro atoms. The second-order valence-corrected chi connectivity index (χ2v) is 8.27. The van der Waals surface area contributed by atoms with E-state index >= 15 is 0 Å². The van der Waals surface area contributed by atoms with Crippen molar-refractivity contribution in [1.29, 1.82) is 0 Å². The van der Waals surface area contributed by atoms with Crippen molar-refractivity contribution in [3.05, 3.63) is 52.0 Å². The van der Waals surface area contributed by atoms with E-state index in [1.165, 1.54) is 29.6 Å². The van der Waals surface area contributed by atoms with Crippen molar-refractivity contribution in [3.8, 4) is 0 Å². The molecule has 1 aromatic heterocycles. The minimum atomic E-state index is -3.93. The SMILES string of the molecule is COC(=O)c1sccc1S(=O)(=O)N1CCNCC1c1cccc(F)c1.Cl. The Balaban J connectivity index is 0.00000243. The summed E-state index contributed by atoms with van der Waals surface area (Å²) in [4.78, 5) is 11.8. The fraction of sp³-hybridized carbons (Fsp3) is 0.312. The van der Waals surface area contributed by atoms with Crippen molar-refractivity contribution in [2.45, 2.75) is 10.9 Å². The third-order valence-corrected chi connectivity index (χ3v) is 6.99. The first-order chi connectivity index (χ1) is 11.9. The Morgan fingerprint density at radius 3 is 2.85 bits per heavy atom. The van der Waals surface area contributed by atoms with Gasteiger partial charge in [-0.15, -0.1) is 23.7 Å². The van der Waals surface area contributed by atoms with Gasteiger partial charge in [0, 0.05) is 19.6 Å². The summed E-state index contributed by atoms with van der Waals surface area (Å²) < 4.78 is 45.9. The van der Waals surface area contributed by atoms with Crippen LogP contribution < -0.4 is 5.32 Å². The highest BCUT2D eigenvalue weighted by Gasteiger charge is 2.37. The van der Waals surface area contributed by atoms with Crippen LogP contribution >= 0.6 is 23.7 Å². The lowest BCUT2D eigenvalue weighted by molar-refractivity contribution is 0.0602. The van der Waals surface area contributed by atoms with E-state index in [0.717, 1.165) is 11.3 Å². The minimum absolute atomic E-state index is 0. The number of esters is 1. The molecule has 0 amide bonds. The summed E-state index contributed by atoms with van der Waals surface area (Å²) in [7, 11) is -2.73. The molecular formula is C16H18ClFN2O4S2. The number of nitrogens with one attached hydrogen (secondary N) is 1. The number of hydrogen-bond acceptors (Lipinski definition) is 6. The normalized spacial score (nSPS) is 18.2. The number of halogens is 2. The van der Waals surface area contributed by atoms with Crippen molar-refractivity contribution in [1.82, 2.24) is 9.62 Å². The van der Waals surface area contributed by atoms with Crippen molar-refractivity contribution in [2.75, 3.05) is 26.7 Å². The molecular weight excluding hydrogens is 403 g/mol. The van der Waals surface area contributed by atoms with Gasteiger partial charge in [0.25, 0.3) is 0 Å². The van der Waals surface area contributed by atoms with E-state index in [0.29, 0.717) is 18.7 Å².